The summed E-state index contributed by atoms with van der Waals surface area (Å²) in [6, 6.07) is 16.7. The zero-order valence-electron chi connectivity index (χ0n) is 14.4. The number of carboxylic acids is 1. The van der Waals surface area contributed by atoms with E-state index >= 15 is 0 Å². The topological polar surface area (TPSA) is 59.3 Å². The highest BCUT2D eigenvalue weighted by atomic mass is 19.1. The number of aromatic carboxylic acids is 1. The van der Waals surface area contributed by atoms with Crippen LogP contribution in [0.25, 0.3) is 27.7 Å². The number of benzene rings is 3. The fraction of sp³-hybridized carbons (Fsp3) is 0. The highest BCUT2D eigenvalue weighted by molar-refractivity contribution is 5.94. The molecule has 28 heavy (non-hydrogen) atoms. The molecule has 6 heteroatoms. The van der Waals surface area contributed by atoms with Gasteiger partial charge >= 0.3 is 5.97 Å². The van der Waals surface area contributed by atoms with Gasteiger partial charge in [-0.25, -0.2) is 13.6 Å². The van der Waals surface area contributed by atoms with E-state index in [9.17, 15) is 23.5 Å². The largest absolute Gasteiger partial charge is 0.477 e. The van der Waals surface area contributed by atoms with E-state index in [2.05, 4.69) is 0 Å². The van der Waals surface area contributed by atoms with Crippen LogP contribution < -0.4 is 5.43 Å². The van der Waals surface area contributed by atoms with Crippen molar-refractivity contribution in [1.29, 1.82) is 0 Å². The van der Waals surface area contributed by atoms with Gasteiger partial charge in [0, 0.05) is 22.8 Å². The molecule has 0 saturated heterocycles. The van der Waals surface area contributed by atoms with Crippen LogP contribution in [0.5, 0.6) is 0 Å². The van der Waals surface area contributed by atoms with Crippen LogP contribution in [0.2, 0.25) is 0 Å². The fourth-order valence-electron chi connectivity index (χ4n) is 3.15. The smallest absolute Gasteiger partial charge is 0.341 e. The average molecular weight is 377 g/mol. The minimum atomic E-state index is -1.42. The third-order valence-electron chi connectivity index (χ3n) is 4.51. The standard InChI is InChI=1S/C22H13F2NO3/c23-14-6-8-15(9-7-14)25-12-18(22(27)28)21(26)17-10-19(24)16(11-20(17)25)13-4-2-1-3-5-13/h1-12H,(H,27,28). The van der Waals surface area contributed by atoms with E-state index < -0.39 is 28.6 Å². The SMILES string of the molecule is O=C(O)c1cn(-c2ccc(F)cc2)c2cc(-c3ccccc3)c(F)cc2c1=O. The molecule has 1 aromatic heterocycles. The van der Waals surface area contributed by atoms with Crippen molar-refractivity contribution in [2.75, 3.05) is 0 Å². The summed E-state index contributed by atoms with van der Waals surface area (Å²) in [6.45, 7) is 0. The highest BCUT2D eigenvalue weighted by Crippen LogP contribution is 2.28. The molecule has 138 valence electrons. The number of nitrogens with zero attached hydrogens (tertiary/aromatic N) is 1. The second-order valence-electron chi connectivity index (χ2n) is 6.24. The summed E-state index contributed by atoms with van der Waals surface area (Å²) in [5.74, 6) is -2.51. The van der Waals surface area contributed by atoms with Crippen molar-refractivity contribution >= 4 is 16.9 Å². The molecule has 0 aliphatic carbocycles. The van der Waals surface area contributed by atoms with Gasteiger partial charge in [0.25, 0.3) is 0 Å². The molecule has 1 N–H and O–H groups in total. The Kier molecular flexibility index (Phi) is 4.24. The number of fused-ring (bicyclic) bond motifs is 1. The summed E-state index contributed by atoms with van der Waals surface area (Å²) in [6.07, 6.45) is 1.17. The predicted octanol–water partition coefficient (Wildman–Crippen LogP) is 4.63. The monoisotopic (exact) mass is 377 g/mol. The summed E-state index contributed by atoms with van der Waals surface area (Å²) in [5, 5.41) is 9.31. The van der Waals surface area contributed by atoms with Crippen molar-refractivity contribution in [1.82, 2.24) is 4.57 Å². The van der Waals surface area contributed by atoms with Gasteiger partial charge in [-0.2, -0.15) is 0 Å². The van der Waals surface area contributed by atoms with E-state index in [1.807, 2.05) is 0 Å². The molecule has 0 unspecified atom stereocenters. The van der Waals surface area contributed by atoms with E-state index in [0.29, 0.717) is 16.8 Å². The molecule has 0 aliphatic rings. The number of carbonyl (C=O) groups is 1. The van der Waals surface area contributed by atoms with Gasteiger partial charge in [0.15, 0.2) is 0 Å². The molecule has 0 atom stereocenters. The average Bonchev–Trinajstić information content (AvgIpc) is 2.69. The van der Waals surface area contributed by atoms with Crippen LogP contribution in [-0.4, -0.2) is 15.6 Å². The minimum Gasteiger partial charge on any atom is -0.477 e. The summed E-state index contributed by atoms with van der Waals surface area (Å²) in [7, 11) is 0. The highest BCUT2D eigenvalue weighted by Gasteiger charge is 2.18. The zero-order chi connectivity index (χ0) is 19.8. The molecule has 0 aliphatic heterocycles. The number of carboxylic acid groups (broad SMARTS) is 1. The third-order valence-corrected chi connectivity index (χ3v) is 4.51. The van der Waals surface area contributed by atoms with Gasteiger partial charge in [0.2, 0.25) is 5.43 Å². The van der Waals surface area contributed by atoms with E-state index in [1.54, 1.807) is 30.3 Å². The Morgan fingerprint density at radius 1 is 0.929 bits per heavy atom. The Bertz CT molecular complexity index is 1260. The van der Waals surface area contributed by atoms with Gasteiger partial charge in [-0.15, -0.1) is 0 Å². The second-order valence-corrected chi connectivity index (χ2v) is 6.24. The lowest BCUT2D eigenvalue weighted by molar-refractivity contribution is 0.0695. The van der Waals surface area contributed by atoms with E-state index in [4.69, 9.17) is 0 Å². The van der Waals surface area contributed by atoms with Crippen molar-refractivity contribution in [3.63, 3.8) is 0 Å². The quantitative estimate of drug-likeness (QED) is 0.566. The number of hydrogen-bond acceptors (Lipinski definition) is 2. The van der Waals surface area contributed by atoms with E-state index in [0.717, 1.165) is 6.07 Å². The van der Waals surface area contributed by atoms with Gasteiger partial charge < -0.3 is 9.67 Å². The predicted molar refractivity (Wildman–Crippen MR) is 102 cm³/mol. The lowest BCUT2D eigenvalue weighted by Gasteiger charge is -2.14. The van der Waals surface area contributed by atoms with E-state index in [-0.39, 0.29) is 10.9 Å². The van der Waals surface area contributed by atoms with Gasteiger partial charge in [-0.1, -0.05) is 30.3 Å². The van der Waals surface area contributed by atoms with Gasteiger partial charge in [-0.05, 0) is 42.0 Å². The number of hydrogen-bond donors (Lipinski definition) is 1. The molecule has 0 bridgehead atoms. The number of halogens is 2. The first-order valence-corrected chi connectivity index (χ1v) is 8.39. The summed E-state index contributed by atoms with van der Waals surface area (Å²) >= 11 is 0. The van der Waals surface area contributed by atoms with Crippen molar-refractivity contribution in [3.05, 3.63) is 100 Å². The molecule has 1 heterocycles. The second kappa shape index (κ2) is 6.74. The molecule has 3 aromatic carbocycles. The normalized spacial score (nSPS) is 10.9. The summed E-state index contributed by atoms with van der Waals surface area (Å²) < 4.78 is 29.5. The Labute approximate surface area is 157 Å². The fourth-order valence-corrected chi connectivity index (χ4v) is 3.15. The molecule has 0 spiro atoms. The van der Waals surface area contributed by atoms with Gasteiger partial charge in [0.1, 0.15) is 17.2 Å². The molecule has 0 fully saturated rings. The van der Waals surface area contributed by atoms with E-state index in [1.165, 1.54) is 41.1 Å². The van der Waals surface area contributed by atoms with Crippen molar-refractivity contribution in [2.45, 2.75) is 0 Å². The van der Waals surface area contributed by atoms with Crippen LogP contribution in [0.3, 0.4) is 0 Å². The van der Waals surface area contributed by atoms with Crippen LogP contribution in [0.15, 0.2) is 77.7 Å². The summed E-state index contributed by atoms with van der Waals surface area (Å²) in [5.41, 5.74) is 0.373. The number of rotatable bonds is 3. The first-order valence-electron chi connectivity index (χ1n) is 8.39. The van der Waals surface area contributed by atoms with Gasteiger partial charge in [0.05, 0.1) is 5.52 Å². The molecular formula is C22H13F2NO3. The molecule has 4 nitrogen and oxygen atoms in total. The van der Waals surface area contributed by atoms with Crippen molar-refractivity contribution < 1.29 is 18.7 Å². The maximum absolute atomic E-state index is 14.8. The van der Waals surface area contributed by atoms with Crippen molar-refractivity contribution in [3.8, 4) is 16.8 Å². The first-order chi connectivity index (χ1) is 13.5. The van der Waals surface area contributed by atoms with Crippen LogP contribution in [0.4, 0.5) is 8.78 Å². The number of aromatic nitrogens is 1. The minimum absolute atomic E-state index is 0.0681. The molecule has 0 radical (unpaired) electrons. The third kappa shape index (κ3) is 2.95. The Morgan fingerprint density at radius 2 is 1.61 bits per heavy atom. The first kappa shape index (κ1) is 17.6. The van der Waals surface area contributed by atoms with Crippen LogP contribution in [0.1, 0.15) is 10.4 Å². The molecule has 0 saturated carbocycles. The molecule has 4 rings (SSSR count). The Morgan fingerprint density at radius 3 is 2.25 bits per heavy atom. The van der Waals surface area contributed by atoms with Crippen LogP contribution in [-0.2, 0) is 0 Å². The summed E-state index contributed by atoms with van der Waals surface area (Å²) in [4.78, 5) is 24.1. The van der Waals surface area contributed by atoms with Crippen LogP contribution >= 0.6 is 0 Å². The molecule has 0 amide bonds. The Hall–Kier alpha value is -3.80. The molecular weight excluding hydrogens is 364 g/mol. The lowest BCUT2D eigenvalue weighted by atomic mass is 10.0. The number of pyridine rings is 1. The van der Waals surface area contributed by atoms with Crippen molar-refractivity contribution in [2.24, 2.45) is 0 Å². The maximum atomic E-state index is 14.8. The van der Waals surface area contributed by atoms with Gasteiger partial charge in [-0.3, -0.25) is 4.79 Å². The van der Waals surface area contributed by atoms with Crippen LogP contribution in [0, 0.1) is 11.6 Å². The Balaban J connectivity index is 2.11. The lowest BCUT2D eigenvalue weighted by Crippen LogP contribution is -2.18. The maximum Gasteiger partial charge on any atom is 0.341 e. The molecule has 4 aromatic rings. The zero-order valence-corrected chi connectivity index (χ0v) is 14.4.